The summed E-state index contributed by atoms with van der Waals surface area (Å²) in [5.74, 6) is 0. The van der Waals surface area contributed by atoms with Crippen molar-refractivity contribution in [2.24, 2.45) is 0 Å². The van der Waals surface area contributed by atoms with Gasteiger partial charge in [-0.25, -0.2) is 8.42 Å². The zero-order chi connectivity index (χ0) is 12.8. The van der Waals surface area contributed by atoms with E-state index < -0.39 is 10.0 Å². The standard InChI is InChI=1S/C12H14N2O2S2/c1-10-4-5-12(17-10)18(15,16)14-8-7-13-6-2-3-11(13)9-14/h2-6H,7-9H2,1H3. The zero-order valence-corrected chi connectivity index (χ0v) is 11.7. The molecule has 0 aromatic carbocycles. The average molecular weight is 282 g/mol. The lowest BCUT2D eigenvalue weighted by atomic mass is 10.3. The predicted octanol–water partition coefficient (Wildman–Crippen LogP) is 2.06. The van der Waals surface area contributed by atoms with Crippen molar-refractivity contribution in [3.63, 3.8) is 0 Å². The molecule has 0 radical (unpaired) electrons. The molecule has 0 saturated heterocycles. The number of hydrogen-bond donors (Lipinski definition) is 0. The van der Waals surface area contributed by atoms with Gasteiger partial charge in [0.05, 0.1) is 6.54 Å². The van der Waals surface area contributed by atoms with Gasteiger partial charge < -0.3 is 4.57 Å². The first-order valence-corrected chi connectivity index (χ1v) is 8.03. The van der Waals surface area contributed by atoms with E-state index >= 15 is 0 Å². The van der Waals surface area contributed by atoms with Crippen LogP contribution in [0.2, 0.25) is 0 Å². The van der Waals surface area contributed by atoms with Gasteiger partial charge in [-0.3, -0.25) is 0 Å². The van der Waals surface area contributed by atoms with Gasteiger partial charge in [0.2, 0.25) is 0 Å². The third kappa shape index (κ3) is 1.90. The zero-order valence-electron chi connectivity index (χ0n) is 10.0. The molecule has 3 heterocycles. The molecular formula is C12H14N2O2S2. The molecule has 0 bridgehead atoms. The summed E-state index contributed by atoms with van der Waals surface area (Å²) in [6, 6.07) is 7.48. The Hall–Kier alpha value is -1.11. The second-order valence-corrected chi connectivity index (χ2v) is 7.85. The molecule has 0 saturated carbocycles. The number of fused-ring (bicyclic) bond motifs is 1. The summed E-state index contributed by atoms with van der Waals surface area (Å²) < 4.78 is 29.0. The quantitative estimate of drug-likeness (QED) is 0.846. The first-order valence-electron chi connectivity index (χ1n) is 5.78. The lowest BCUT2D eigenvalue weighted by molar-refractivity contribution is 0.342. The number of nitrogens with zero attached hydrogens (tertiary/aromatic N) is 2. The number of sulfonamides is 1. The highest BCUT2D eigenvalue weighted by Gasteiger charge is 2.29. The van der Waals surface area contributed by atoms with Crippen LogP contribution in [0.15, 0.2) is 34.7 Å². The van der Waals surface area contributed by atoms with Crippen LogP contribution in [0.1, 0.15) is 10.6 Å². The molecule has 4 nitrogen and oxygen atoms in total. The van der Waals surface area contributed by atoms with Crippen LogP contribution in [0.5, 0.6) is 0 Å². The summed E-state index contributed by atoms with van der Waals surface area (Å²) in [7, 11) is -3.32. The van der Waals surface area contributed by atoms with Crippen LogP contribution >= 0.6 is 11.3 Å². The van der Waals surface area contributed by atoms with Crippen molar-refractivity contribution in [3.8, 4) is 0 Å². The van der Waals surface area contributed by atoms with Crippen molar-refractivity contribution in [2.75, 3.05) is 6.54 Å². The summed E-state index contributed by atoms with van der Waals surface area (Å²) in [4.78, 5) is 1.02. The Morgan fingerprint density at radius 2 is 2.06 bits per heavy atom. The Morgan fingerprint density at radius 1 is 1.22 bits per heavy atom. The number of aromatic nitrogens is 1. The fraction of sp³-hybridized carbons (Fsp3) is 0.333. The molecular weight excluding hydrogens is 268 g/mol. The van der Waals surface area contributed by atoms with Crippen LogP contribution in [-0.2, 0) is 23.1 Å². The minimum atomic E-state index is -3.32. The summed E-state index contributed by atoms with van der Waals surface area (Å²) >= 11 is 1.34. The summed E-state index contributed by atoms with van der Waals surface area (Å²) in [6.45, 7) is 3.66. The number of rotatable bonds is 2. The number of hydrogen-bond acceptors (Lipinski definition) is 3. The maximum absolute atomic E-state index is 12.5. The molecule has 0 unspecified atom stereocenters. The Balaban J connectivity index is 1.92. The molecule has 0 N–H and O–H groups in total. The van der Waals surface area contributed by atoms with Crippen molar-refractivity contribution >= 4 is 21.4 Å². The Kier molecular flexibility index (Phi) is 2.80. The van der Waals surface area contributed by atoms with Crippen molar-refractivity contribution in [1.29, 1.82) is 0 Å². The van der Waals surface area contributed by atoms with Gasteiger partial charge in [0.15, 0.2) is 0 Å². The van der Waals surface area contributed by atoms with Gasteiger partial charge in [-0.2, -0.15) is 4.31 Å². The maximum atomic E-state index is 12.5. The van der Waals surface area contributed by atoms with Gasteiger partial charge in [0.1, 0.15) is 4.21 Å². The highest BCUT2D eigenvalue weighted by molar-refractivity contribution is 7.91. The van der Waals surface area contributed by atoms with Crippen LogP contribution in [-0.4, -0.2) is 23.8 Å². The van der Waals surface area contributed by atoms with Gasteiger partial charge in [0, 0.05) is 29.9 Å². The van der Waals surface area contributed by atoms with Gasteiger partial charge in [0.25, 0.3) is 10.0 Å². The van der Waals surface area contributed by atoms with Crippen molar-refractivity contribution in [2.45, 2.75) is 24.2 Å². The van der Waals surface area contributed by atoms with Crippen molar-refractivity contribution in [1.82, 2.24) is 8.87 Å². The Labute approximate surface area is 111 Å². The lowest BCUT2D eigenvalue weighted by Crippen LogP contribution is -2.37. The molecule has 1 aliphatic rings. The van der Waals surface area contributed by atoms with Crippen molar-refractivity contribution < 1.29 is 8.42 Å². The minimum Gasteiger partial charge on any atom is -0.349 e. The fourth-order valence-electron chi connectivity index (χ4n) is 2.17. The van der Waals surface area contributed by atoms with Crippen LogP contribution in [0, 0.1) is 6.92 Å². The monoisotopic (exact) mass is 282 g/mol. The smallest absolute Gasteiger partial charge is 0.252 e. The molecule has 0 amide bonds. The van der Waals surface area contributed by atoms with E-state index in [0.717, 1.165) is 17.1 Å². The molecule has 18 heavy (non-hydrogen) atoms. The second-order valence-electron chi connectivity index (χ2n) is 4.40. The van der Waals surface area contributed by atoms with E-state index in [1.807, 2.05) is 31.3 Å². The maximum Gasteiger partial charge on any atom is 0.252 e. The highest BCUT2D eigenvalue weighted by atomic mass is 32.2. The third-order valence-corrected chi connectivity index (χ3v) is 6.48. The number of thiophene rings is 1. The van der Waals surface area contributed by atoms with Gasteiger partial charge in [-0.15, -0.1) is 11.3 Å². The van der Waals surface area contributed by atoms with E-state index in [-0.39, 0.29) is 0 Å². The van der Waals surface area contributed by atoms with E-state index in [9.17, 15) is 8.42 Å². The van der Waals surface area contributed by atoms with Crippen LogP contribution < -0.4 is 0 Å². The first-order chi connectivity index (χ1) is 8.57. The molecule has 6 heteroatoms. The van der Waals surface area contributed by atoms with E-state index in [4.69, 9.17) is 0 Å². The topological polar surface area (TPSA) is 42.3 Å². The van der Waals surface area contributed by atoms with Gasteiger partial charge >= 0.3 is 0 Å². The third-order valence-electron chi connectivity index (χ3n) is 3.16. The lowest BCUT2D eigenvalue weighted by Gasteiger charge is -2.27. The largest absolute Gasteiger partial charge is 0.349 e. The van der Waals surface area contributed by atoms with Gasteiger partial charge in [-0.05, 0) is 31.2 Å². The molecule has 2 aromatic rings. The summed E-state index contributed by atoms with van der Waals surface area (Å²) in [5, 5.41) is 0. The molecule has 0 atom stereocenters. The van der Waals surface area contributed by atoms with E-state index in [1.54, 1.807) is 10.4 Å². The normalized spacial score (nSPS) is 16.7. The van der Waals surface area contributed by atoms with Crippen LogP contribution in [0.3, 0.4) is 0 Å². The Morgan fingerprint density at radius 3 is 2.78 bits per heavy atom. The predicted molar refractivity (Wildman–Crippen MR) is 71.1 cm³/mol. The molecule has 96 valence electrons. The summed E-state index contributed by atoms with van der Waals surface area (Å²) in [6.07, 6.45) is 1.99. The van der Waals surface area contributed by atoms with Crippen LogP contribution in [0.25, 0.3) is 0 Å². The van der Waals surface area contributed by atoms with E-state index in [1.165, 1.54) is 11.3 Å². The highest BCUT2D eigenvalue weighted by Crippen LogP contribution is 2.27. The van der Waals surface area contributed by atoms with Crippen molar-refractivity contribution in [3.05, 3.63) is 41.0 Å². The van der Waals surface area contributed by atoms with Crippen LogP contribution in [0.4, 0.5) is 0 Å². The minimum absolute atomic E-state index is 0.444. The molecule has 0 aliphatic carbocycles. The fourth-order valence-corrected chi connectivity index (χ4v) is 5.01. The van der Waals surface area contributed by atoms with Gasteiger partial charge in [-0.1, -0.05) is 0 Å². The number of aryl methyl sites for hydroxylation is 1. The molecule has 3 rings (SSSR count). The van der Waals surface area contributed by atoms with E-state index in [0.29, 0.717) is 17.3 Å². The second kappa shape index (κ2) is 4.22. The molecule has 1 aliphatic heterocycles. The Bertz CT molecular complexity index is 670. The molecule has 0 spiro atoms. The van der Waals surface area contributed by atoms with E-state index in [2.05, 4.69) is 4.57 Å². The molecule has 0 fully saturated rings. The molecule has 2 aromatic heterocycles. The SMILES string of the molecule is Cc1ccc(S(=O)(=O)N2CCn3cccc3C2)s1. The summed E-state index contributed by atoms with van der Waals surface area (Å²) in [5.41, 5.74) is 1.05. The first kappa shape index (κ1) is 12.0. The average Bonchev–Trinajstić information content (AvgIpc) is 2.96.